The van der Waals surface area contributed by atoms with Gasteiger partial charge < -0.3 is 21.1 Å². The fraction of sp³-hybridized carbons (Fsp3) is 0.846. The molecule has 110 valence electrons. The molecule has 0 aliphatic carbocycles. The van der Waals surface area contributed by atoms with E-state index >= 15 is 0 Å². The minimum Gasteiger partial charge on any atom is -0.394 e. The number of nitrogens with zero attached hydrogens (tertiary/aromatic N) is 1. The second kappa shape index (κ2) is 8.12. The first-order chi connectivity index (χ1) is 9.06. The van der Waals surface area contributed by atoms with Crippen LogP contribution in [0.2, 0.25) is 0 Å². The van der Waals surface area contributed by atoms with Crippen molar-refractivity contribution in [1.82, 2.24) is 10.2 Å². The molecule has 0 aromatic rings. The summed E-state index contributed by atoms with van der Waals surface area (Å²) in [6.45, 7) is 3.20. The van der Waals surface area contributed by atoms with E-state index in [1.54, 1.807) is 4.90 Å². The molecule has 6 nitrogen and oxygen atoms in total. The minimum atomic E-state index is -0.212. The Labute approximate surface area is 114 Å². The molecule has 0 spiro atoms. The number of hydrogen-bond acceptors (Lipinski definition) is 4. The predicted octanol–water partition coefficient (Wildman–Crippen LogP) is -0.397. The fourth-order valence-corrected chi connectivity index (χ4v) is 2.10. The van der Waals surface area contributed by atoms with Crippen molar-refractivity contribution >= 4 is 11.8 Å². The van der Waals surface area contributed by atoms with Crippen molar-refractivity contribution in [2.24, 2.45) is 5.73 Å². The Bertz CT molecular complexity index is 298. The third-order valence-electron chi connectivity index (χ3n) is 3.54. The predicted molar refractivity (Wildman–Crippen MR) is 72.3 cm³/mol. The lowest BCUT2D eigenvalue weighted by Gasteiger charge is -2.30. The van der Waals surface area contributed by atoms with Gasteiger partial charge in [-0.2, -0.15) is 0 Å². The molecule has 2 amide bonds. The van der Waals surface area contributed by atoms with Gasteiger partial charge in [-0.05, 0) is 19.3 Å². The number of nitrogens with one attached hydrogen (secondary N) is 1. The summed E-state index contributed by atoms with van der Waals surface area (Å²) < 4.78 is 0. The van der Waals surface area contributed by atoms with Gasteiger partial charge in [0.1, 0.15) is 0 Å². The van der Waals surface area contributed by atoms with E-state index in [0.29, 0.717) is 19.5 Å². The molecule has 0 bridgehead atoms. The molecule has 1 fully saturated rings. The van der Waals surface area contributed by atoms with Crippen molar-refractivity contribution in [3.8, 4) is 0 Å². The molecule has 1 aliphatic rings. The molecule has 1 atom stereocenters. The number of rotatable bonds is 6. The van der Waals surface area contributed by atoms with E-state index in [-0.39, 0.29) is 43.3 Å². The van der Waals surface area contributed by atoms with Crippen molar-refractivity contribution < 1.29 is 14.7 Å². The smallest absolute Gasteiger partial charge is 0.223 e. The van der Waals surface area contributed by atoms with Crippen LogP contribution in [0.1, 0.15) is 39.0 Å². The summed E-state index contributed by atoms with van der Waals surface area (Å²) in [7, 11) is 0. The minimum absolute atomic E-state index is 0.0131. The second-order valence-corrected chi connectivity index (χ2v) is 5.07. The highest BCUT2D eigenvalue weighted by atomic mass is 16.3. The Morgan fingerprint density at radius 3 is 2.53 bits per heavy atom. The van der Waals surface area contributed by atoms with E-state index in [9.17, 15) is 9.59 Å². The summed E-state index contributed by atoms with van der Waals surface area (Å²) >= 11 is 0. The third kappa shape index (κ3) is 5.57. The first-order valence-corrected chi connectivity index (χ1v) is 7.00. The summed E-state index contributed by atoms with van der Waals surface area (Å²) in [4.78, 5) is 25.3. The van der Waals surface area contributed by atoms with Gasteiger partial charge in [0.2, 0.25) is 11.8 Å². The standard InChI is InChI=1S/C13H25N3O3/c1-2-11(9-17)15-12(18)3-4-13(19)16-7-5-10(14)6-8-16/h10-11,17H,2-9,14H2,1H3,(H,15,18). The molecule has 0 saturated carbocycles. The van der Waals surface area contributed by atoms with Crippen LogP contribution in [0.3, 0.4) is 0 Å². The molecule has 4 N–H and O–H groups in total. The zero-order valence-corrected chi connectivity index (χ0v) is 11.6. The maximum absolute atomic E-state index is 11.9. The topological polar surface area (TPSA) is 95.7 Å². The van der Waals surface area contributed by atoms with Gasteiger partial charge >= 0.3 is 0 Å². The van der Waals surface area contributed by atoms with Crippen molar-refractivity contribution in [3.05, 3.63) is 0 Å². The molecule has 6 heteroatoms. The number of piperidine rings is 1. The van der Waals surface area contributed by atoms with Crippen LogP contribution in [0, 0.1) is 0 Å². The van der Waals surface area contributed by atoms with Gasteiger partial charge in [0.25, 0.3) is 0 Å². The average molecular weight is 271 g/mol. The average Bonchev–Trinajstić information content (AvgIpc) is 2.43. The van der Waals surface area contributed by atoms with Crippen molar-refractivity contribution in [1.29, 1.82) is 0 Å². The van der Waals surface area contributed by atoms with Crippen molar-refractivity contribution in [2.75, 3.05) is 19.7 Å². The van der Waals surface area contributed by atoms with Crippen LogP contribution in [0.15, 0.2) is 0 Å². The number of hydrogen-bond donors (Lipinski definition) is 3. The van der Waals surface area contributed by atoms with Crippen LogP contribution >= 0.6 is 0 Å². The molecule has 1 unspecified atom stereocenters. The van der Waals surface area contributed by atoms with Gasteiger partial charge in [-0.25, -0.2) is 0 Å². The zero-order valence-electron chi connectivity index (χ0n) is 11.6. The normalized spacial score (nSPS) is 18.2. The Balaban J connectivity index is 2.24. The molecule has 1 aliphatic heterocycles. The summed E-state index contributed by atoms with van der Waals surface area (Å²) in [5.74, 6) is -0.165. The number of aliphatic hydroxyl groups excluding tert-OH is 1. The number of carbonyl (C=O) groups excluding carboxylic acids is 2. The number of carbonyl (C=O) groups is 2. The highest BCUT2D eigenvalue weighted by molar-refractivity contribution is 5.83. The van der Waals surface area contributed by atoms with Gasteiger partial charge in [0, 0.05) is 32.0 Å². The van der Waals surface area contributed by atoms with Gasteiger partial charge in [-0.3, -0.25) is 9.59 Å². The Hall–Kier alpha value is -1.14. The lowest BCUT2D eigenvalue weighted by atomic mass is 10.1. The van der Waals surface area contributed by atoms with Gasteiger partial charge in [-0.1, -0.05) is 6.92 Å². The van der Waals surface area contributed by atoms with E-state index in [4.69, 9.17) is 10.8 Å². The lowest BCUT2D eigenvalue weighted by Crippen LogP contribution is -2.43. The zero-order chi connectivity index (χ0) is 14.3. The van der Waals surface area contributed by atoms with Crippen LogP contribution in [0.5, 0.6) is 0 Å². The Morgan fingerprint density at radius 1 is 1.37 bits per heavy atom. The lowest BCUT2D eigenvalue weighted by molar-refractivity contribution is -0.134. The highest BCUT2D eigenvalue weighted by Gasteiger charge is 2.21. The largest absolute Gasteiger partial charge is 0.394 e. The summed E-state index contributed by atoms with van der Waals surface area (Å²) in [5, 5.41) is 11.7. The first-order valence-electron chi connectivity index (χ1n) is 7.00. The quantitative estimate of drug-likeness (QED) is 0.612. The third-order valence-corrected chi connectivity index (χ3v) is 3.54. The number of nitrogens with two attached hydrogens (primary N) is 1. The molecular weight excluding hydrogens is 246 g/mol. The van der Waals surface area contributed by atoms with Crippen LogP contribution < -0.4 is 11.1 Å². The van der Waals surface area contributed by atoms with Crippen molar-refractivity contribution in [3.63, 3.8) is 0 Å². The molecule has 19 heavy (non-hydrogen) atoms. The second-order valence-electron chi connectivity index (χ2n) is 5.07. The first kappa shape index (κ1) is 15.9. The molecule has 1 rings (SSSR count). The Kier molecular flexibility index (Phi) is 6.80. The maximum Gasteiger partial charge on any atom is 0.223 e. The molecule has 0 aromatic heterocycles. The molecule has 0 aromatic carbocycles. The Morgan fingerprint density at radius 2 is 2.00 bits per heavy atom. The fourth-order valence-electron chi connectivity index (χ4n) is 2.10. The van der Waals surface area contributed by atoms with Crippen LogP contribution in [-0.2, 0) is 9.59 Å². The monoisotopic (exact) mass is 271 g/mol. The van der Waals surface area contributed by atoms with E-state index in [2.05, 4.69) is 5.32 Å². The van der Waals surface area contributed by atoms with Gasteiger partial charge in [0.15, 0.2) is 0 Å². The SMILES string of the molecule is CCC(CO)NC(=O)CCC(=O)N1CCC(N)CC1. The van der Waals surface area contributed by atoms with E-state index < -0.39 is 0 Å². The van der Waals surface area contributed by atoms with Crippen LogP contribution in [0.4, 0.5) is 0 Å². The van der Waals surface area contributed by atoms with E-state index in [1.807, 2.05) is 6.92 Å². The highest BCUT2D eigenvalue weighted by Crippen LogP contribution is 2.10. The summed E-state index contributed by atoms with van der Waals surface area (Å²) in [6, 6.07) is -0.0159. The van der Waals surface area contributed by atoms with E-state index in [0.717, 1.165) is 12.8 Å². The molecule has 0 radical (unpaired) electrons. The number of aliphatic hydroxyl groups is 1. The van der Waals surface area contributed by atoms with Crippen molar-refractivity contribution in [2.45, 2.75) is 51.1 Å². The van der Waals surface area contributed by atoms with Gasteiger partial charge in [0.05, 0.1) is 12.6 Å². The van der Waals surface area contributed by atoms with Crippen LogP contribution in [0.25, 0.3) is 0 Å². The number of amides is 2. The van der Waals surface area contributed by atoms with Gasteiger partial charge in [-0.15, -0.1) is 0 Å². The van der Waals surface area contributed by atoms with Crippen LogP contribution in [-0.4, -0.2) is 53.6 Å². The molecule has 1 saturated heterocycles. The molecule has 1 heterocycles. The summed E-state index contributed by atoms with van der Waals surface area (Å²) in [6.07, 6.45) is 2.75. The maximum atomic E-state index is 11.9. The number of likely N-dealkylation sites (tertiary alicyclic amines) is 1. The summed E-state index contributed by atoms with van der Waals surface area (Å²) in [5.41, 5.74) is 5.78. The van der Waals surface area contributed by atoms with E-state index in [1.165, 1.54) is 0 Å². The molecular formula is C13H25N3O3.